The molecule has 0 radical (unpaired) electrons. The Hall–Kier alpha value is -2.18. The van der Waals surface area contributed by atoms with Crippen LogP contribution in [0.3, 0.4) is 0 Å². The van der Waals surface area contributed by atoms with Gasteiger partial charge in [0.05, 0.1) is 42.4 Å². The molecule has 0 saturated heterocycles. The Labute approximate surface area is 176 Å². The minimum absolute atomic E-state index is 0.0730. The highest BCUT2D eigenvalue weighted by Crippen LogP contribution is 2.39. The minimum atomic E-state index is -3.92. The van der Waals surface area contributed by atoms with Crippen LogP contribution in [0.25, 0.3) is 0 Å². The van der Waals surface area contributed by atoms with Crippen molar-refractivity contribution in [3.63, 3.8) is 0 Å². The van der Waals surface area contributed by atoms with E-state index in [9.17, 15) is 12.8 Å². The zero-order valence-corrected chi connectivity index (χ0v) is 17.3. The monoisotopic (exact) mass is 454 g/mol. The number of fused-ring (bicyclic) bond motifs is 1. The maximum absolute atomic E-state index is 13.8. The molecule has 1 aliphatic rings. The van der Waals surface area contributed by atoms with Crippen LogP contribution in [-0.2, 0) is 23.1 Å². The molecule has 2 aromatic carbocycles. The summed E-state index contributed by atoms with van der Waals surface area (Å²) < 4.78 is 40.7. The second-order valence-corrected chi connectivity index (χ2v) is 9.46. The van der Waals surface area contributed by atoms with Crippen LogP contribution in [0.1, 0.15) is 11.3 Å². The zero-order valence-electron chi connectivity index (χ0n) is 14.9. The molecule has 0 fully saturated rings. The van der Waals surface area contributed by atoms with Crippen molar-refractivity contribution in [2.45, 2.75) is 22.9 Å². The molecule has 0 unspecified atom stereocenters. The number of aromatic nitrogens is 3. The number of sulfonamides is 1. The Balaban J connectivity index is 1.47. The molecule has 0 aliphatic carbocycles. The molecule has 4 rings (SSSR count). The van der Waals surface area contributed by atoms with Crippen LogP contribution in [0, 0.1) is 5.82 Å². The van der Waals surface area contributed by atoms with Gasteiger partial charge in [0.25, 0.3) is 0 Å². The predicted octanol–water partition coefficient (Wildman–Crippen LogP) is 2.66. The maximum Gasteiger partial charge on any atom is 0.239 e. The van der Waals surface area contributed by atoms with E-state index in [1.165, 1.54) is 24.1 Å². The summed E-state index contributed by atoms with van der Waals surface area (Å²) in [5.41, 5.74) is 1.95. The average molecular weight is 455 g/mol. The van der Waals surface area contributed by atoms with Crippen LogP contribution >= 0.6 is 23.5 Å². The second-order valence-electron chi connectivity index (χ2n) is 6.39. The number of anilines is 1. The lowest BCUT2D eigenvalue weighted by atomic mass is 10.2. The third-order valence-electron chi connectivity index (χ3n) is 4.23. The molecule has 0 atom stereocenters. The number of halogens is 2. The Morgan fingerprint density at radius 1 is 1.28 bits per heavy atom. The summed E-state index contributed by atoms with van der Waals surface area (Å²) in [6.45, 7) is 1.22. The van der Waals surface area contributed by atoms with E-state index >= 15 is 0 Å². The molecule has 0 saturated carbocycles. The number of nitrogens with zero attached hydrogens (tertiary/aromatic N) is 4. The number of hydrogen-bond acceptors (Lipinski definition) is 7. The van der Waals surface area contributed by atoms with Gasteiger partial charge in [-0.05, 0) is 30.1 Å². The third-order valence-corrected chi connectivity index (χ3v) is 6.65. The summed E-state index contributed by atoms with van der Waals surface area (Å²) in [4.78, 5) is 0.563. The quantitative estimate of drug-likeness (QED) is 0.571. The van der Waals surface area contributed by atoms with Crippen LogP contribution in [0.2, 0.25) is 5.02 Å². The Morgan fingerprint density at radius 3 is 2.83 bits per heavy atom. The Kier molecular flexibility index (Phi) is 5.49. The van der Waals surface area contributed by atoms with Gasteiger partial charge < -0.3 is 5.32 Å². The summed E-state index contributed by atoms with van der Waals surface area (Å²) in [7, 11) is -3.92. The summed E-state index contributed by atoms with van der Waals surface area (Å²) in [6, 6.07) is 9.51. The van der Waals surface area contributed by atoms with Crippen LogP contribution in [-0.4, -0.2) is 34.4 Å². The normalized spacial score (nSPS) is 14.4. The van der Waals surface area contributed by atoms with E-state index in [-0.39, 0.29) is 22.3 Å². The van der Waals surface area contributed by atoms with E-state index in [4.69, 9.17) is 16.7 Å². The fraction of sp³-hybridized carbons (Fsp3) is 0.176. The van der Waals surface area contributed by atoms with Crippen molar-refractivity contribution < 1.29 is 12.8 Å². The summed E-state index contributed by atoms with van der Waals surface area (Å²) in [5, 5.41) is 16.7. The predicted molar refractivity (Wildman–Crippen MR) is 108 cm³/mol. The van der Waals surface area contributed by atoms with Crippen molar-refractivity contribution in [2.24, 2.45) is 5.14 Å². The maximum atomic E-state index is 13.8. The van der Waals surface area contributed by atoms with Crippen molar-refractivity contribution in [3.05, 3.63) is 64.7 Å². The van der Waals surface area contributed by atoms with E-state index < -0.39 is 10.0 Å². The number of primary sulfonamides is 1. The molecule has 0 spiro atoms. The van der Waals surface area contributed by atoms with Crippen molar-refractivity contribution >= 4 is 39.3 Å². The van der Waals surface area contributed by atoms with E-state index in [2.05, 4.69) is 15.6 Å². The summed E-state index contributed by atoms with van der Waals surface area (Å²) in [5.74, 6) is -0.290. The van der Waals surface area contributed by atoms with Crippen LogP contribution in [0.15, 0.2) is 52.4 Å². The topological polar surface area (TPSA) is 106 Å². The molecule has 0 amide bonds. The highest BCUT2D eigenvalue weighted by Gasteiger charge is 2.23. The van der Waals surface area contributed by atoms with Gasteiger partial charge in [0.2, 0.25) is 10.0 Å². The molecular formula is C17H16ClFN6O2S2. The molecule has 1 aromatic heterocycles. The number of rotatable bonds is 5. The van der Waals surface area contributed by atoms with E-state index in [1.807, 2.05) is 4.31 Å². The van der Waals surface area contributed by atoms with Gasteiger partial charge in [0.1, 0.15) is 10.7 Å². The fourth-order valence-electron chi connectivity index (χ4n) is 2.87. The standard InChI is InChI=1S/C17H16ClFN6O2S2/c18-13-5-15-16(6-17(13)29(20,26)27)28-25(10-21-15)9-12-8-24(23-22-12)7-11-3-1-2-4-14(11)19/h1-6,8,21H,7,9-10H2,(H2,20,26,27). The second kappa shape index (κ2) is 7.92. The van der Waals surface area contributed by atoms with Crippen molar-refractivity contribution in [1.82, 2.24) is 19.3 Å². The van der Waals surface area contributed by atoms with E-state index in [0.29, 0.717) is 29.4 Å². The summed E-state index contributed by atoms with van der Waals surface area (Å²) >= 11 is 7.38. The molecule has 152 valence electrons. The molecule has 0 bridgehead atoms. The van der Waals surface area contributed by atoms with Gasteiger partial charge in [-0.25, -0.2) is 26.9 Å². The van der Waals surface area contributed by atoms with Gasteiger partial charge in [-0.1, -0.05) is 35.0 Å². The van der Waals surface area contributed by atoms with Crippen LogP contribution < -0.4 is 10.5 Å². The molecule has 2 heterocycles. The molecule has 8 nitrogen and oxygen atoms in total. The first-order valence-electron chi connectivity index (χ1n) is 8.45. The Bertz CT molecular complexity index is 1170. The van der Waals surface area contributed by atoms with E-state index in [1.54, 1.807) is 35.1 Å². The van der Waals surface area contributed by atoms with Gasteiger partial charge in [-0.2, -0.15) is 0 Å². The van der Waals surface area contributed by atoms with Gasteiger partial charge in [0, 0.05) is 10.5 Å². The SMILES string of the molecule is NS(=O)(=O)c1cc2c(cc1Cl)NCN(Cc1cn(Cc3ccccc3F)nn1)S2. The number of nitrogens with two attached hydrogens (primary N) is 1. The average Bonchev–Trinajstić information content (AvgIpc) is 3.09. The smallest absolute Gasteiger partial charge is 0.239 e. The van der Waals surface area contributed by atoms with Gasteiger partial charge in [-0.15, -0.1) is 5.10 Å². The van der Waals surface area contributed by atoms with Gasteiger partial charge >= 0.3 is 0 Å². The molecule has 12 heteroatoms. The highest BCUT2D eigenvalue weighted by atomic mass is 35.5. The lowest BCUT2D eigenvalue weighted by molar-refractivity contribution is 0.485. The zero-order chi connectivity index (χ0) is 20.6. The highest BCUT2D eigenvalue weighted by molar-refractivity contribution is 7.97. The lowest BCUT2D eigenvalue weighted by Gasteiger charge is -2.28. The van der Waals surface area contributed by atoms with Crippen molar-refractivity contribution in [2.75, 3.05) is 12.0 Å². The number of nitrogens with one attached hydrogen (secondary N) is 1. The molecule has 29 heavy (non-hydrogen) atoms. The van der Waals surface area contributed by atoms with Gasteiger partial charge in [0.15, 0.2) is 0 Å². The van der Waals surface area contributed by atoms with Crippen LogP contribution in [0.4, 0.5) is 10.1 Å². The fourth-order valence-corrected chi connectivity index (χ4v) is 5.05. The first kappa shape index (κ1) is 20.1. The van der Waals surface area contributed by atoms with Crippen molar-refractivity contribution in [3.8, 4) is 0 Å². The molecule has 1 aliphatic heterocycles. The number of benzene rings is 2. The third kappa shape index (κ3) is 4.54. The van der Waals surface area contributed by atoms with E-state index in [0.717, 1.165) is 5.69 Å². The lowest BCUT2D eigenvalue weighted by Crippen LogP contribution is -2.27. The van der Waals surface area contributed by atoms with Crippen molar-refractivity contribution in [1.29, 1.82) is 0 Å². The first-order chi connectivity index (χ1) is 13.8. The molecule has 3 aromatic rings. The number of hydrogen-bond donors (Lipinski definition) is 2. The first-order valence-corrected chi connectivity index (χ1v) is 11.1. The Morgan fingerprint density at radius 2 is 2.07 bits per heavy atom. The minimum Gasteiger partial charge on any atom is -0.370 e. The van der Waals surface area contributed by atoms with Gasteiger partial charge in [-0.3, -0.25) is 0 Å². The molecule has 3 N–H and O–H groups in total. The largest absolute Gasteiger partial charge is 0.370 e. The summed E-state index contributed by atoms with van der Waals surface area (Å²) in [6.07, 6.45) is 1.75. The van der Waals surface area contributed by atoms with Crippen LogP contribution in [0.5, 0.6) is 0 Å². The molecular weight excluding hydrogens is 439 g/mol.